The van der Waals surface area contributed by atoms with Gasteiger partial charge in [0.15, 0.2) is 5.78 Å². The van der Waals surface area contributed by atoms with E-state index in [9.17, 15) is 4.79 Å². The number of ketones is 1. The molecule has 1 atom stereocenters. The van der Waals surface area contributed by atoms with Gasteiger partial charge in [-0.1, -0.05) is 17.7 Å². The fourth-order valence-electron chi connectivity index (χ4n) is 1.49. The van der Waals surface area contributed by atoms with E-state index >= 15 is 0 Å². The normalized spacial score (nSPS) is 21.2. The topological polar surface area (TPSA) is 43.1 Å². The summed E-state index contributed by atoms with van der Waals surface area (Å²) in [6, 6.07) is 4.97. The van der Waals surface area contributed by atoms with Crippen LogP contribution in [0.5, 0.6) is 0 Å². The number of fused-ring (bicyclic) bond motifs is 1. The molecule has 0 amide bonds. The SMILES string of the molecule is NC1Cc2ccc(Cl)cc2C1=O. The molecule has 2 nitrogen and oxygen atoms in total. The summed E-state index contributed by atoms with van der Waals surface area (Å²) in [5.74, 6) is 0.00694. The lowest BCUT2D eigenvalue weighted by molar-refractivity contribution is 0.0974. The van der Waals surface area contributed by atoms with Gasteiger partial charge in [-0.15, -0.1) is 0 Å². The lowest BCUT2D eigenvalue weighted by Crippen LogP contribution is -2.26. The average molecular weight is 182 g/mol. The molecule has 0 aromatic heterocycles. The molecule has 1 unspecified atom stereocenters. The smallest absolute Gasteiger partial charge is 0.180 e. The van der Waals surface area contributed by atoms with Gasteiger partial charge in [0.1, 0.15) is 0 Å². The highest BCUT2D eigenvalue weighted by Crippen LogP contribution is 2.24. The lowest BCUT2D eigenvalue weighted by atomic mass is 10.1. The van der Waals surface area contributed by atoms with E-state index in [0.717, 1.165) is 5.56 Å². The second-order valence-corrected chi connectivity index (χ2v) is 3.41. The molecule has 0 bridgehead atoms. The molecule has 2 rings (SSSR count). The van der Waals surface area contributed by atoms with Crippen molar-refractivity contribution in [1.82, 2.24) is 0 Å². The number of hydrogen-bond acceptors (Lipinski definition) is 2. The van der Waals surface area contributed by atoms with Crippen LogP contribution in [0.3, 0.4) is 0 Å². The van der Waals surface area contributed by atoms with Gasteiger partial charge in [-0.3, -0.25) is 4.79 Å². The minimum Gasteiger partial charge on any atom is -0.321 e. The number of halogens is 1. The number of benzene rings is 1. The number of hydrogen-bond donors (Lipinski definition) is 1. The van der Waals surface area contributed by atoms with E-state index in [1.54, 1.807) is 12.1 Å². The third-order valence-corrected chi connectivity index (χ3v) is 2.35. The Balaban J connectivity index is 2.56. The maximum atomic E-state index is 11.4. The molecule has 3 heteroatoms. The van der Waals surface area contributed by atoms with Gasteiger partial charge in [-0.2, -0.15) is 0 Å². The van der Waals surface area contributed by atoms with Crippen molar-refractivity contribution in [1.29, 1.82) is 0 Å². The summed E-state index contributed by atoms with van der Waals surface area (Å²) in [7, 11) is 0. The van der Waals surface area contributed by atoms with Crippen LogP contribution in [0, 0.1) is 0 Å². The van der Waals surface area contributed by atoms with Crippen molar-refractivity contribution in [2.75, 3.05) is 0 Å². The molecule has 0 spiro atoms. The van der Waals surface area contributed by atoms with Gasteiger partial charge in [0.25, 0.3) is 0 Å². The summed E-state index contributed by atoms with van der Waals surface area (Å²) in [5, 5.41) is 0.594. The first-order valence-corrected chi connectivity index (χ1v) is 4.14. The first-order chi connectivity index (χ1) is 5.68. The molecule has 0 saturated carbocycles. The Morgan fingerprint density at radius 1 is 1.50 bits per heavy atom. The molecule has 62 valence electrons. The van der Waals surface area contributed by atoms with E-state index < -0.39 is 0 Å². The van der Waals surface area contributed by atoms with Crippen LogP contribution in [0.25, 0.3) is 0 Å². The summed E-state index contributed by atoms with van der Waals surface area (Å²) in [4.78, 5) is 11.4. The maximum absolute atomic E-state index is 11.4. The highest BCUT2D eigenvalue weighted by atomic mass is 35.5. The molecule has 1 aromatic carbocycles. The average Bonchev–Trinajstić information content (AvgIpc) is 2.31. The van der Waals surface area contributed by atoms with Crippen molar-refractivity contribution in [3.8, 4) is 0 Å². The minimum atomic E-state index is -0.363. The second kappa shape index (κ2) is 2.57. The largest absolute Gasteiger partial charge is 0.321 e. The molecule has 0 heterocycles. The van der Waals surface area contributed by atoms with Gasteiger partial charge < -0.3 is 5.73 Å². The van der Waals surface area contributed by atoms with Crippen molar-refractivity contribution in [3.05, 3.63) is 34.3 Å². The van der Waals surface area contributed by atoms with Crippen molar-refractivity contribution >= 4 is 17.4 Å². The molecular weight excluding hydrogens is 174 g/mol. The quantitative estimate of drug-likeness (QED) is 0.658. The highest BCUT2D eigenvalue weighted by Gasteiger charge is 2.26. The molecule has 1 aliphatic carbocycles. The lowest BCUT2D eigenvalue weighted by Gasteiger charge is -1.95. The highest BCUT2D eigenvalue weighted by molar-refractivity contribution is 6.31. The number of Topliss-reactive ketones (excluding diaryl/α,β-unsaturated/α-hetero) is 1. The van der Waals surface area contributed by atoms with E-state index in [4.69, 9.17) is 17.3 Å². The molecule has 0 aliphatic heterocycles. The standard InChI is InChI=1S/C9H8ClNO/c10-6-2-1-5-3-8(11)9(12)7(5)4-6/h1-2,4,8H,3,11H2. The summed E-state index contributed by atoms with van der Waals surface area (Å²) in [6.45, 7) is 0. The van der Waals surface area contributed by atoms with Crippen LogP contribution >= 0.6 is 11.6 Å². The molecule has 1 aromatic rings. The van der Waals surface area contributed by atoms with Crippen LogP contribution in [-0.2, 0) is 6.42 Å². The molecule has 12 heavy (non-hydrogen) atoms. The van der Waals surface area contributed by atoms with E-state index in [2.05, 4.69) is 0 Å². The van der Waals surface area contributed by atoms with E-state index in [0.29, 0.717) is 17.0 Å². The summed E-state index contributed by atoms with van der Waals surface area (Å²) < 4.78 is 0. The number of rotatable bonds is 0. The van der Waals surface area contributed by atoms with E-state index in [1.165, 1.54) is 0 Å². The molecule has 1 aliphatic rings. The predicted molar refractivity (Wildman–Crippen MR) is 47.5 cm³/mol. The Hall–Kier alpha value is -0.860. The third kappa shape index (κ3) is 1.04. The van der Waals surface area contributed by atoms with Gasteiger partial charge in [-0.25, -0.2) is 0 Å². The fraction of sp³-hybridized carbons (Fsp3) is 0.222. The molecule has 0 radical (unpaired) electrons. The molecule has 0 saturated heterocycles. The summed E-state index contributed by atoms with van der Waals surface area (Å²) in [6.07, 6.45) is 0.644. The van der Waals surface area contributed by atoms with Gasteiger partial charge in [0, 0.05) is 10.6 Å². The fourth-order valence-corrected chi connectivity index (χ4v) is 1.66. The van der Waals surface area contributed by atoms with Crippen LogP contribution < -0.4 is 5.73 Å². The van der Waals surface area contributed by atoms with E-state index in [1.807, 2.05) is 6.07 Å². The van der Waals surface area contributed by atoms with Gasteiger partial charge in [0.05, 0.1) is 6.04 Å². The number of nitrogens with two attached hydrogens (primary N) is 1. The first-order valence-electron chi connectivity index (χ1n) is 3.76. The Bertz CT molecular complexity index is 348. The summed E-state index contributed by atoms with van der Waals surface area (Å²) >= 11 is 5.74. The second-order valence-electron chi connectivity index (χ2n) is 2.98. The zero-order valence-corrected chi connectivity index (χ0v) is 7.14. The van der Waals surface area contributed by atoms with Crippen LogP contribution in [0.15, 0.2) is 18.2 Å². The first kappa shape index (κ1) is 7.77. The van der Waals surface area contributed by atoms with E-state index in [-0.39, 0.29) is 11.8 Å². The predicted octanol–water partition coefficient (Wildman–Crippen LogP) is 1.41. The molecular formula is C9H8ClNO. The maximum Gasteiger partial charge on any atom is 0.180 e. The van der Waals surface area contributed by atoms with Gasteiger partial charge in [0.2, 0.25) is 0 Å². The summed E-state index contributed by atoms with van der Waals surface area (Å²) in [5.41, 5.74) is 7.29. The van der Waals surface area contributed by atoms with Crippen LogP contribution in [0.1, 0.15) is 15.9 Å². The Morgan fingerprint density at radius 3 is 3.00 bits per heavy atom. The van der Waals surface area contributed by atoms with Crippen molar-refractivity contribution < 1.29 is 4.79 Å². The number of carbonyl (C=O) groups is 1. The van der Waals surface area contributed by atoms with Crippen LogP contribution in [0.2, 0.25) is 5.02 Å². The molecule has 2 N–H and O–H groups in total. The monoisotopic (exact) mass is 181 g/mol. The Labute approximate surface area is 75.3 Å². The van der Waals surface area contributed by atoms with Crippen molar-refractivity contribution in [2.45, 2.75) is 12.5 Å². The zero-order valence-electron chi connectivity index (χ0n) is 6.38. The van der Waals surface area contributed by atoms with Crippen molar-refractivity contribution in [3.63, 3.8) is 0 Å². The minimum absolute atomic E-state index is 0.00694. The zero-order chi connectivity index (χ0) is 8.72. The molecule has 0 fully saturated rings. The van der Waals surface area contributed by atoms with Crippen molar-refractivity contribution in [2.24, 2.45) is 5.73 Å². The van der Waals surface area contributed by atoms with Gasteiger partial charge >= 0.3 is 0 Å². The third-order valence-electron chi connectivity index (χ3n) is 2.11. The van der Waals surface area contributed by atoms with Crippen LogP contribution in [-0.4, -0.2) is 11.8 Å². The number of carbonyl (C=O) groups excluding carboxylic acids is 1. The Morgan fingerprint density at radius 2 is 2.25 bits per heavy atom. The van der Waals surface area contributed by atoms with Gasteiger partial charge in [-0.05, 0) is 24.1 Å². The Kier molecular flexibility index (Phi) is 1.67. The van der Waals surface area contributed by atoms with Crippen LogP contribution in [0.4, 0.5) is 0 Å².